The van der Waals surface area contributed by atoms with Crippen molar-refractivity contribution in [1.29, 1.82) is 0 Å². The van der Waals surface area contributed by atoms with E-state index in [1.807, 2.05) is 36.7 Å². The van der Waals surface area contributed by atoms with Gasteiger partial charge in [0.1, 0.15) is 0 Å². The first kappa shape index (κ1) is 12.7. The number of hydrogen-bond donors (Lipinski definition) is 0. The lowest BCUT2D eigenvalue weighted by molar-refractivity contribution is 0.520. The maximum Gasteiger partial charge on any atom is 0.0494 e. The van der Waals surface area contributed by atoms with Crippen LogP contribution in [-0.2, 0) is 0 Å². The molecule has 0 amide bonds. The maximum atomic E-state index is 4.49. The molecule has 0 aliphatic heterocycles. The average Bonchev–Trinajstić information content (AvgIpc) is 2.41. The van der Waals surface area contributed by atoms with Gasteiger partial charge in [-0.05, 0) is 43.0 Å². The van der Waals surface area contributed by atoms with Gasteiger partial charge in [0, 0.05) is 29.7 Å². The summed E-state index contributed by atoms with van der Waals surface area (Å²) in [7, 11) is 0. The third-order valence-electron chi connectivity index (χ3n) is 3.12. The van der Waals surface area contributed by atoms with Crippen LogP contribution >= 0.6 is 0 Å². The predicted octanol–water partition coefficient (Wildman–Crippen LogP) is 4.04. The molecule has 0 bridgehead atoms. The molecule has 2 heterocycles. The lowest BCUT2D eigenvalue weighted by atomic mass is 9.91. The monoisotopic (exact) mass is 240 g/mol. The summed E-state index contributed by atoms with van der Waals surface area (Å²) in [5.41, 5.74) is 2.24. The highest BCUT2D eigenvalue weighted by molar-refractivity contribution is 5.22. The second kappa shape index (κ2) is 6.29. The second-order valence-corrected chi connectivity index (χ2v) is 5.03. The van der Waals surface area contributed by atoms with E-state index >= 15 is 0 Å². The van der Waals surface area contributed by atoms with Gasteiger partial charge in [0.2, 0.25) is 0 Å². The number of aromatic nitrogens is 2. The van der Waals surface area contributed by atoms with Crippen LogP contribution < -0.4 is 0 Å². The quantitative estimate of drug-likeness (QED) is 0.788. The van der Waals surface area contributed by atoms with Crippen molar-refractivity contribution >= 4 is 0 Å². The Kier molecular flexibility index (Phi) is 4.46. The zero-order chi connectivity index (χ0) is 12.8. The van der Waals surface area contributed by atoms with Crippen molar-refractivity contribution < 1.29 is 0 Å². The van der Waals surface area contributed by atoms with Gasteiger partial charge in [-0.1, -0.05) is 26.0 Å². The average molecular weight is 240 g/mol. The maximum absolute atomic E-state index is 4.49. The number of hydrogen-bond acceptors (Lipinski definition) is 2. The van der Waals surface area contributed by atoms with E-state index in [-0.39, 0.29) is 0 Å². The zero-order valence-electron chi connectivity index (χ0n) is 11.1. The predicted molar refractivity (Wildman–Crippen MR) is 74.4 cm³/mol. The van der Waals surface area contributed by atoms with Crippen molar-refractivity contribution in [2.24, 2.45) is 5.92 Å². The summed E-state index contributed by atoms with van der Waals surface area (Å²) >= 11 is 0. The summed E-state index contributed by atoms with van der Waals surface area (Å²) in [6.45, 7) is 4.52. The zero-order valence-corrected chi connectivity index (χ0v) is 11.1. The van der Waals surface area contributed by atoms with E-state index in [1.54, 1.807) is 0 Å². The first-order valence-corrected chi connectivity index (χ1v) is 6.59. The Morgan fingerprint density at radius 3 is 1.78 bits per heavy atom. The van der Waals surface area contributed by atoms with Crippen LogP contribution in [0.2, 0.25) is 0 Å². The molecule has 0 radical (unpaired) electrons. The molecule has 0 N–H and O–H groups in total. The number of rotatable bonds is 5. The fourth-order valence-corrected chi connectivity index (χ4v) is 2.11. The van der Waals surface area contributed by atoms with Crippen LogP contribution in [0.4, 0.5) is 0 Å². The smallest absolute Gasteiger partial charge is 0.0494 e. The van der Waals surface area contributed by atoms with Crippen LogP contribution in [0.1, 0.15) is 44.0 Å². The van der Waals surface area contributed by atoms with Crippen LogP contribution in [0.5, 0.6) is 0 Å². The first-order valence-electron chi connectivity index (χ1n) is 6.59. The summed E-state index contributed by atoms with van der Waals surface area (Å²) in [4.78, 5) is 8.99. The molecule has 18 heavy (non-hydrogen) atoms. The highest BCUT2D eigenvalue weighted by Gasteiger charge is 2.16. The van der Waals surface area contributed by atoms with E-state index in [9.17, 15) is 0 Å². The molecule has 2 nitrogen and oxygen atoms in total. The van der Waals surface area contributed by atoms with E-state index in [0.717, 1.165) is 17.8 Å². The fraction of sp³-hybridized carbons (Fsp3) is 0.375. The van der Waals surface area contributed by atoms with Gasteiger partial charge >= 0.3 is 0 Å². The Balaban J connectivity index is 2.24. The molecule has 0 saturated heterocycles. The van der Waals surface area contributed by atoms with E-state index in [0.29, 0.717) is 11.8 Å². The van der Waals surface area contributed by atoms with Crippen molar-refractivity contribution in [1.82, 2.24) is 9.97 Å². The summed E-state index contributed by atoms with van der Waals surface area (Å²) in [6, 6.07) is 12.2. The molecule has 0 aliphatic carbocycles. The molecule has 2 aromatic heterocycles. The van der Waals surface area contributed by atoms with Crippen molar-refractivity contribution in [3.8, 4) is 0 Å². The minimum Gasteiger partial charge on any atom is -0.261 e. The van der Waals surface area contributed by atoms with Gasteiger partial charge in [-0.2, -0.15) is 0 Å². The van der Waals surface area contributed by atoms with E-state index in [4.69, 9.17) is 0 Å². The van der Waals surface area contributed by atoms with Gasteiger partial charge < -0.3 is 0 Å². The van der Waals surface area contributed by atoms with Crippen LogP contribution in [0.25, 0.3) is 0 Å². The summed E-state index contributed by atoms with van der Waals surface area (Å²) < 4.78 is 0. The van der Waals surface area contributed by atoms with Gasteiger partial charge in [0.15, 0.2) is 0 Å². The molecule has 0 aromatic carbocycles. The van der Waals surface area contributed by atoms with Gasteiger partial charge in [0.25, 0.3) is 0 Å². The normalized spacial score (nSPS) is 11.1. The van der Waals surface area contributed by atoms with Crippen LogP contribution in [0.15, 0.2) is 48.8 Å². The third-order valence-corrected chi connectivity index (χ3v) is 3.12. The Hall–Kier alpha value is -1.70. The molecule has 94 valence electrons. The molecule has 0 fully saturated rings. The molecular weight excluding hydrogens is 220 g/mol. The SMILES string of the molecule is CC(C)CCC(c1ccccn1)c1ccccn1. The lowest BCUT2D eigenvalue weighted by Crippen LogP contribution is -2.06. The molecule has 2 rings (SSSR count). The van der Waals surface area contributed by atoms with Gasteiger partial charge in [-0.25, -0.2) is 0 Å². The largest absolute Gasteiger partial charge is 0.261 e. The fourth-order valence-electron chi connectivity index (χ4n) is 2.11. The molecule has 0 aliphatic rings. The Morgan fingerprint density at radius 1 is 0.833 bits per heavy atom. The molecule has 0 spiro atoms. The van der Waals surface area contributed by atoms with Crippen molar-refractivity contribution in [2.45, 2.75) is 32.6 Å². The standard InChI is InChI=1S/C16H20N2/c1-13(2)9-10-14(15-7-3-5-11-17-15)16-8-4-6-12-18-16/h3-8,11-14H,9-10H2,1-2H3. The Morgan fingerprint density at radius 2 is 1.39 bits per heavy atom. The van der Waals surface area contributed by atoms with Gasteiger partial charge in [-0.15, -0.1) is 0 Å². The van der Waals surface area contributed by atoms with Crippen LogP contribution in [-0.4, -0.2) is 9.97 Å². The minimum atomic E-state index is 0.315. The molecule has 2 heteroatoms. The van der Waals surface area contributed by atoms with Gasteiger partial charge in [-0.3, -0.25) is 9.97 Å². The lowest BCUT2D eigenvalue weighted by Gasteiger charge is -2.17. The topological polar surface area (TPSA) is 25.8 Å². The molecule has 2 aromatic rings. The van der Waals surface area contributed by atoms with E-state index in [1.165, 1.54) is 6.42 Å². The van der Waals surface area contributed by atoms with Crippen molar-refractivity contribution in [2.75, 3.05) is 0 Å². The molecule has 0 saturated carbocycles. The molecule has 0 atom stereocenters. The van der Waals surface area contributed by atoms with E-state index in [2.05, 4.69) is 35.9 Å². The number of nitrogens with zero attached hydrogens (tertiary/aromatic N) is 2. The van der Waals surface area contributed by atoms with Crippen LogP contribution in [0, 0.1) is 5.92 Å². The van der Waals surface area contributed by atoms with E-state index < -0.39 is 0 Å². The van der Waals surface area contributed by atoms with Crippen molar-refractivity contribution in [3.63, 3.8) is 0 Å². The highest BCUT2D eigenvalue weighted by Crippen LogP contribution is 2.27. The van der Waals surface area contributed by atoms with Crippen molar-refractivity contribution in [3.05, 3.63) is 60.2 Å². The third kappa shape index (κ3) is 3.39. The molecule has 0 unspecified atom stereocenters. The first-order chi connectivity index (χ1) is 8.77. The number of pyridine rings is 2. The summed E-state index contributed by atoms with van der Waals surface area (Å²) in [5, 5.41) is 0. The van der Waals surface area contributed by atoms with Gasteiger partial charge in [0.05, 0.1) is 0 Å². The highest BCUT2D eigenvalue weighted by atomic mass is 14.7. The summed E-state index contributed by atoms with van der Waals surface area (Å²) in [6.07, 6.45) is 6.02. The second-order valence-electron chi connectivity index (χ2n) is 5.03. The Labute approximate surface area is 109 Å². The molecular formula is C16H20N2. The van der Waals surface area contributed by atoms with Crippen LogP contribution in [0.3, 0.4) is 0 Å². The minimum absolute atomic E-state index is 0.315. The summed E-state index contributed by atoms with van der Waals surface area (Å²) in [5.74, 6) is 1.02. The Bertz CT molecular complexity index is 412.